The Morgan fingerprint density at radius 2 is 2.29 bits per heavy atom. The highest BCUT2D eigenvalue weighted by molar-refractivity contribution is 9.10. The second kappa shape index (κ2) is 7.61. The van der Waals surface area contributed by atoms with Gasteiger partial charge >= 0.3 is 5.97 Å². The third-order valence-electron chi connectivity index (χ3n) is 3.74. The number of rotatable bonds is 5. The van der Waals surface area contributed by atoms with E-state index >= 15 is 0 Å². The predicted molar refractivity (Wildman–Crippen MR) is 86.2 cm³/mol. The molecular formula is C15H20BrNO3S. The van der Waals surface area contributed by atoms with E-state index in [-0.39, 0.29) is 11.9 Å². The number of carbonyl (C=O) groups excluding carboxylic acids is 1. The Hall–Kier alpha value is -0.590. The summed E-state index contributed by atoms with van der Waals surface area (Å²) in [5.74, 6) is 0.412. The van der Waals surface area contributed by atoms with E-state index in [9.17, 15) is 9.90 Å². The Morgan fingerprint density at radius 1 is 1.57 bits per heavy atom. The fourth-order valence-electron chi connectivity index (χ4n) is 2.48. The zero-order valence-electron chi connectivity index (χ0n) is 12.0. The van der Waals surface area contributed by atoms with Gasteiger partial charge in [-0.1, -0.05) is 0 Å². The molecule has 1 aliphatic carbocycles. The monoisotopic (exact) mass is 373 g/mol. The van der Waals surface area contributed by atoms with E-state index in [1.165, 1.54) is 0 Å². The van der Waals surface area contributed by atoms with E-state index in [1.54, 1.807) is 18.0 Å². The first-order valence-electron chi connectivity index (χ1n) is 7.16. The molecule has 116 valence electrons. The zero-order chi connectivity index (χ0) is 15.3. The Labute approximate surface area is 137 Å². The Balaban J connectivity index is 1.85. The van der Waals surface area contributed by atoms with Gasteiger partial charge in [0.15, 0.2) is 0 Å². The van der Waals surface area contributed by atoms with E-state index in [0.717, 1.165) is 9.50 Å². The lowest BCUT2D eigenvalue weighted by atomic mass is 9.80. The number of aliphatic hydroxyl groups is 1. The van der Waals surface area contributed by atoms with Gasteiger partial charge < -0.3 is 9.84 Å². The highest BCUT2D eigenvalue weighted by Crippen LogP contribution is 2.37. The summed E-state index contributed by atoms with van der Waals surface area (Å²) in [4.78, 5) is 16.0. The van der Waals surface area contributed by atoms with Gasteiger partial charge in [0.25, 0.3) is 0 Å². The Morgan fingerprint density at radius 3 is 2.90 bits per heavy atom. The van der Waals surface area contributed by atoms with E-state index in [2.05, 4.69) is 20.9 Å². The van der Waals surface area contributed by atoms with Gasteiger partial charge in [0.2, 0.25) is 0 Å². The number of hydrogen-bond acceptors (Lipinski definition) is 5. The molecule has 1 saturated carbocycles. The van der Waals surface area contributed by atoms with Crippen molar-refractivity contribution in [1.29, 1.82) is 0 Å². The van der Waals surface area contributed by atoms with Crippen molar-refractivity contribution in [3.63, 3.8) is 0 Å². The molecule has 1 aromatic heterocycles. The van der Waals surface area contributed by atoms with Crippen molar-refractivity contribution in [2.75, 3.05) is 12.4 Å². The third kappa shape index (κ3) is 4.69. The van der Waals surface area contributed by atoms with Gasteiger partial charge in [0, 0.05) is 16.4 Å². The van der Waals surface area contributed by atoms with Gasteiger partial charge in [0.05, 0.1) is 18.1 Å². The number of aromatic nitrogens is 1. The fourth-order valence-corrected chi connectivity index (χ4v) is 4.11. The van der Waals surface area contributed by atoms with Crippen molar-refractivity contribution < 1.29 is 14.6 Å². The summed E-state index contributed by atoms with van der Waals surface area (Å²) in [5, 5.41) is 11.5. The molecule has 6 heteroatoms. The van der Waals surface area contributed by atoms with Crippen LogP contribution in [0.3, 0.4) is 0 Å². The molecule has 0 bridgehead atoms. The molecule has 0 atom stereocenters. The molecule has 0 unspecified atom stereocenters. The summed E-state index contributed by atoms with van der Waals surface area (Å²) in [5.41, 5.74) is -0.718. The van der Waals surface area contributed by atoms with Gasteiger partial charge in [-0.15, -0.1) is 11.8 Å². The lowest BCUT2D eigenvalue weighted by Crippen LogP contribution is -2.38. The van der Waals surface area contributed by atoms with Crippen LogP contribution in [-0.2, 0) is 9.53 Å². The van der Waals surface area contributed by atoms with Crippen molar-refractivity contribution in [2.45, 2.75) is 43.2 Å². The average Bonchev–Trinajstić information content (AvgIpc) is 2.47. The lowest BCUT2D eigenvalue weighted by Gasteiger charge is -2.34. The quantitative estimate of drug-likeness (QED) is 0.632. The molecule has 1 aromatic rings. The predicted octanol–water partition coefficient (Wildman–Crippen LogP) is 3.42. The van der Waals surface area contributed by atoms with Crippen LogP contribution in [-0.4, -0.2) is 34.0 Å². The summed E-state index contributed by atoms with van der Waals surface area (Å²) in [6.07, 6.45) is 4.40. The molecule has 0 aromatic carbocycles. The number of esters is 1. The molecule has 1 aliphatic rings. The van der Waals surface area contributed by atoms with Crippen molar-refractivity contribution in [2.24, 2.45) is 5.92 Å². The average molecular weight is 374 g/mol. The van der Waals surface area contributed by atoms with E-state index in [4.69, 9.17) is 4.74 Å². The minimum atomic E-state index is -0.718. The van der Waals surface area contributed by atoms with Gasteiger partial charge in [-0.2, -0.15) is 0 Å². The van der Waals surface area contributed by atoms with Crippen LogP contribution in [0.5, 0.6) is 0 Å². The highest BCUT2D eigenvalue weighted by atomic mass is 79.9. The number of carbonyl (C=O) groups is 1. The second-order valence-corrected chi connectivity index (χ2v) is 7.15. The number of thioether (sulfide) groups is 1. The van der Waals surface area contributed by atoms with Crippen LogP contribution in [0.4, 0.5) is 0 Å². The van der Waals surface area contributed by atoms with Crippen molar-refractivity contribution in [1.82, 2.24) is 4.98 Å². The molecule has 0 saturated heterocycles. The number of pyridine rings is 1. The molecule has 0 radical (unpaired) electrons. The first-order chi connectivity index (χ1) is 10.0. The molecule has 1 fully saturated rings. The van der Waals surface area contributed by atoms with Crippen LogP contribution in [0.25, 0.3) is 0 Å². The van der Waals surface area contributed by atoms with Crippen molar-refractivity contribution >= 4 is 33.7 Å². The van der Waals surface area contributed by atoms with Crippen molar-refractivity contribution in [3.8, 4) is 0 Å². The highest BCUT2D eigenvalue weighted by Gasteiger charge is 2.36. The smallest absolute Gasteiger partial charge is 0.308 e. The van der Waals surface area contributed by atoms with Crippen LogP contribution in [0.1, 0.15) is 32.6 Å². The SMILES string of the molecule is CCOC(=O)C1CCC(O)(CSc2ncccc2Br)CC1. The zero-order valence-corrected chi connectivity index (χ0v) is 14.5. The number of halogens is 1. The summed E-state index contributed by atoms with van der Waals surface area (Å²) in [6.45, 7) is 2.24. The van der Waals surface area contributed by atoms with E-state index in [0.29, 0.717) is 38.0 Å². The van der Waals surface area contributed by atoms with E-state index < -0.39 is 5.60 Å². The van der Waals surface area contributed by atoms with Crippen LogP contribution in [0.2, 0.25) is 0 Å². The molecular weight excluding hydrogens is 354 g/mol. The minimum Gasteiger partial charge on any atom is -0.466 e. The van der Waals surface area contributed by atoms with Gasteiger partial charge in [-0.05, 0) is 60.7 Å². The molecule has 0 amide bonds. The van der Waals surface area contributed by atoms with Gasteiger partial charge in [0.1, 0.15) is 5.03 Å². The number of ether oxygens (including phenoxy) is 1. The summed E-state index contributed by atoms with van der Waals surface area (Å²) < 4.78 is 6.00. The molecule has 2 rings (SSSR count). The molecule has 1 heterocycles. The number of nitrogens with zero attached hydrogens (tertiary/aromatic N) is 1. The van der Waals surface area contributed by atoms with Crippen LogP contribution < -0.4 is 0 Å². The first-order valence-corrected chi connectivity index (χ1v) is 8.94. The summed E-state index contributed by atoms with van der Waals surface area (Å²) >= 11 is 5.01. The van der Waals surface area contributed by atoms with E-state index in [1.807, 2.05) is 19.1 Å². The maximum Gasteiger partial charge on any atom is 0.308 e. The normalized spacial score (nSPS) is 25.6. The van der Waals surface area contributed by atoms with Gasteiger partial charge in [-0.25, -0.2) is 4.98 Å². The molecule has 0 spiro atoms. The molecule has 0 aliphatic heterocycles. The Kier molecular flexibility index (Phi) is 6.08. The first kappa shape index (κ1) is 16.8. The standard InChI is InChI=1S/C15H20BrNO3S/c1-2-20-14(18)11-5-7-15(19,8-6-11)10-21-13-12(16)4-3-9-17-13/h3-4,9,11,19H,2,5-8,10H2,1H3. The maximum absolute atomic E-state index is 11.7. The lowest BCUT2D eigenvalue weighted by molar-refractivity contribution is -0.150. The third-order valence-corrected chi connectivity index (χ3v) is 5.92. The second-order valence-electron chi connectivity index (χ2n) is 5.33. The minimum absolute atomic E-state index is 0.0585. The summed E-state index contributed by atoms with van der Waals surface area (Å²) in [6, 6.07) is 3.81. The van der Waals surface area contributed by atoms with Gasteiger partial charge in [-0.3, -0.25) is 4.79 Å². The van der Waals surface area contributed by atoms with Crippen molar-refractivity contribution in [3.05, 3.63) is 22.8 Å². The molecule has 21 heavy (non-hydrogen) atoms. The molecule has 1 N–H and O–H groups in total. The fraction of sp³-hybridized carbons (Fsp3) is 0.600. The largest absolute Gasteiger partial charge is 0.466 e. The molecule has 4 nitrogen and oxygen atoms in total. The van der Waals surface area contributed by atoms with Crippen LogP contribution >= 0.6 is 27.7 Å². The van der Waals surface area contributed by atoms with Crippen LogP contribution in [0.15, 0.2) is 27.8 Å². The summed E-state index contributed by atoms with van der Waals surface area (Å²) in [7, 11) is 0. The maximum atomic E-state index is 11.7. The number of hydrogen-bond donors (Lipinski definition) is 1. The van der Waals surface area contributed by atoms with Crippen LogP contribution in [0, 0.1) is 5.92 Å². The Bertz CT molecular complexity index is 490. The topological polar surface area (TPSA) is 59.4 Å².